The van der Waals surface area contributed by atoms with Crippen molar-refractivity contribution in [3.05, 3.63) is 23.3 Å². The predicted octanol–water partition coefficient (Wildman–Crippen LogP) is 2.79. The first-order valence-corrected chi connectivity index (χ1v) is 7.48. The Hall–Kier alpha value is -0.600. The Kier molecular flexibility index (Phi) is 1.58. The first-order chi connectivity index (χ1) is 8.63. The van der Waals surface area contributed by atoms with E-state index in [1.165, 1.54) is 36.8 Å². The molecule has 0 aromatic heterocycles. The van der Waals surface area contributed by atoms with Crippen LogP contribution in [0, 0.1) is 23.7 Å². The number of hydrogen-bond donors (Lipinski definition) is 1. The van der Waals surface area contributed by atoms with Gasteiger partial charge in [-0.2, -0.15) is 0 Å². The van der Waals surface area contributed by atoms with E-state index in [-0.39, 0.29) is 5.60 Å². The molecule has 96 valence electrons. The van der Waals surface area contributed by atoms with Crippen LogP contribution in [0.25, 0.3) is 0 Å². The Morgan fingerprint density at radius 3 is 2.61 bits per heavy atom. The highest BCUT2D eigenvalue weighted by molar-refractivity contribution is 5.42. The van der Waals surface area contributed by atoms with Gasteiger partial charge in [0.15, 0.2) is 5.79 Å². The van der Waals surface area contributed by atoms with Crippen LogP contribution < -0.4 is 0 Å². The summed E-state index contributed by atoms with van der Waals surface area (Å²) in [5.74, 6) is 1.19. The second-order valence-electron chi connectivity index (χ2n) is 7.11. The summed E-state index contributed by atoms with van der Waals surface area (Å²) in [6.07, 6.45) is 10.7. The van der Waals surface area contributed by atoms with Gasteiger partial charge in [-0.05, 0) is 62.0 Å². The minimum absolute atomic E-state index is 0.164. The Bertz CT molecular complexity index is 461. The smallest absolute Gasteiger partial charge is 0.193 e. The van der Waals surface area contributed by atoms with Crippen molar-refractivity contribution < 1.29 is 9.84 Å². The van der Waals surface area contributed by atoms with Crippen LogP contribution in [-0.4, -0.2) is 16.5 Å². The van der Waals surface area contributed by atoms with E-state index in [9.17, 15) is 5.11 Å². The summed E-state index contributed by atoms with van der Waals surface area (Å²) in [4.78, 5) is 0. The zero-order chi connectivity index (χ0) is 12.1. The third-order valence-corrected chi connectivity index (χ3v) is 6.38. The standard InChI is InChI=1S/C16H20O2/c1-15-11-4-2-3-5-12-8-10-6-9(7-11)13(15)14(10)16(12,17)18-15/h7-10,13-14,17H,2-6H2,1H3. The number of allylic oxidation sites excluding steroid dienone is 2. The maximum absolute atomic E-state index is 11.1. The van der Waals surface area contributed by atoms with Crippen molar-refractivity contribution >= 4 is 0 Å². The fraction of sp³-hybridized carbons (Fsp3) is 0.750. The highest BCUT2D eigenvalue weighted by Gasteiger charge is 2.72. The molecule has 6 atom stereocenters. The lowest BCUT2D eigenvalue weighted by Gasteiger charge is -2.31. The molecule has 2 heteroatoms. The van der Waals surface area contributed by atoms with Gasteiger partial charge in [0, 0.05) is 11.8 Å². The van der Waals surface area contributed by atoms with Gasteiger partial charge in [-0.25, -0.2) is 0 Å². The molecule has 1 saturated carbocycles. The second-order valence-corrected chi connectivity index (χ2v) is 7.11. The Morgan fingerprint density at radius 1 is 1.11 bits per heavy atom. The van der Waals surface area contributed by atoms with Gasteiger partial charge in [-0.1, -0.05) is 12.2 Å². The van der Waals surface area contributed by atoms with Crippen molar-refractivity contribution in [3.63, 3.8) is 0 Å². The third kappa shape index (κ3) is 0.875. The summed E-state index contributed by atoms with van der Waals surface area (Å²) in [6.45, 7) is 2.24. The molecular formula is C16H20O2. The molecule has 6 unspecified atom stereocenters. The lowest BCUT2D eigenvalue weighted by atomic mass is 9.77. The van der Waals surface area contributed by atoms with Gasteiger partial charge in [-0.3, -0.25) is 0 Å². The van der Waals surface area contributed by atoms with Gasteiger partial charge in [0.2, 0.25) is 0 Å². The van der Waals surface area contributed by atoms with Crippen molar-refractivity contribution in [1.82, 2.24) is 0 Å². The molecule has 0 spiro atoms. The zero-order valence-corrected chi connectivity index (χ0v) is 10.9. The van der Waals surface area contributed by atoms with E-state index in [0.717, 1.165) is 6.42 Å². The van der Waals surface area contributed by atoms with Crippen LogP contribution in [0.4, 0.5) is 0 Å². The van der Waals surface area contributed by atoms with Crippen LogP contribution in [0.2, 0.25) is 0 Å². The SMILES string of the molecule is CC12OC3(O)C4=CC5CC(C=C1CCCC4)C2C53. The maximum Gasteiger partial charge on any atom is 0.193 e. The molecule has 0 aromatic carbocycles. The fourth-order valence-electron chi connectivity index (χ4n) is 5.81. The molecular weight excluding hydrogens is 224 g/mol. The Labute approximate surface area is 108 Å². The summed E-state index contributed by atoms with van der Waals surface area (Å²) in [7, 11) is 0. The minimum Gasteiger partial charge on any atom is -0.362 e. The van der Waals surface area contributed by atoms with Gasteiger partial charge in [0.1, 0.15) is 0 Å². The number of hydrogen-bond acceptors (Lipinski definition) is 2. The summed E-state index contributed by atoms with van der Waals surface area (Å²) in [5, 5.41) is 11.1. The molecule has 0 amide bonds. The summed E-state index contributed by atoms with van der Waals surface area (Å²) in [5.41, 5.74) is 2.52. The quantitative estimate of drug-likeness (QED) is 0.664. The normalized spacial score (nSPS) is 59.4. The molecule has 2 heterocycles. The van der Waals surface area contributed by atoms with E-state index >= 15 is 0 Å². The fourth-order valence-corrected chi connectivity index (χ4v) is 5.81. The topological polar surface area (TPSA) is 29.5 Å². The number of rotatable bonds is 0. The molecule has 2 nitrogen and oxygen atoms in total. The molecule has 5 aliphatic rings. The number of ether oxygens (including phenoxy) is 1. The van der Waals surface area contributed by atoms with Crippen LogP contribution in [0.1, 0.15) is 39.0 Å². The minimum atomic E-state index is -0.914. The summed E-state index contributed by atoms with van der Waals surface area (Å²) < 4.78 is 6.35. The Balaban J connectivity index is 1.78. The van der Waals surface area contributed by atoms with Crippen molar-refractivity contribution in [2.75, 3.05) is 0 Å². The highest BCUT2D eigenvalue weighted by atomic mass is 16.6. The van der Waals surface area contributed by atoms with Crippen LogP contribution in [0.3, 0.4) is 0 Å². The Morgan fingerprint density at radius 2 is 1.78 bits per heavy atom. The van der Waals surface area contributed by atoms with Crippen molar-refractivity contribution in [2.24, 2.45) is 23.7 Å². The highest BCUT2D eigenvalue weighted by Crippen LogP contribution is 2.70. The molecule has 3 aliphatic carbocycles. The lowest BCUT2D eigenvalue weighted by Crippen LogP contribution is -2.37. The summed E-state index contributed by atoms with van der Waals surface area (Å²) in [6, 6.07) is 0. The average Bonchev–Trinajstić information content (AvgIpc) is 2.89. The van der Waals surface area contributed by atoms with E-state index in [1.54, 1.807) is 0 Å². The zero-order valence-electron chi connectivity index (χ0n) is 10.9. The van der Waals surface area contributed by atoms with E-state index in [0.29, 0.717) is 23.7 Å². The largest absolute Gasteiger partial charge is 0.362 e. The second kappa shape index (κ2) is 2.78. The molecule has 18 heavy (non-hydrogen) atoms. The molecule has 2 saturated heterocycles. The van der Waals surface area contributed by atoms with Crippen LogP contribution in [0.15, 0.2) is 23.3 Å². The van der Waals surface area contributed by atoms with Crippen LogP contribution in [-0.2, 0) is 4.74 Å². The van der Waals surface area contributed by atoms with Gasteiger partial charge in [0.25, 0.3) is 0 Å². The molecule has 1 N–H and O–H groups in total. The predicted molar refractivity (Wildman–Crippen MR) is 67.7 cm³/mol. The van der Waals surface area contributed by atoms with Crippen molar-refractivity contribution in [3.8, 4) is 0 Å². The first kappa shape index (κ1) is 10.2. The van der Waals surface area contributed by atoms with Gasteiger partial charge in [0.05, 0.1) is 5.60 Å². The van der Waals surface area contributed by atoms with Crippen LogP contribution >= 0.6 is 0 Å². The third-order valence-electron chi connectivity index (χ3n) is 6.38. The molecule has 0 aromatic rings. The van der Waals surface area contributed by atoms with Gasteiger partial charge in [-0.15, -0.1) is 0 Å². The molecule has 3 fully saturated rings. The molecule has 2 bridgehead atoms. The van der Waals surface area contributed by atoms with Gasteiger partial charge < -0.3 is 9.84 Å². The van der Waals surface area contributed by atoms with Crippen molar-refractivity contribution in [2.45, 2.75) is 50.4 Å². The monoisotopic (exact) mass is 244 g/mol. The number of aliphatic hydroxyl groups is 1. The molecule has 5 rings (SSSR count). The first-order valence-electron chi connectivity index (χ1n) is 7.48. The average molecular weight is 244 g/mol. The van der Waals surface area contributed by atoms with Crippen LogP contribution in [0.5, 0.6) is 0 Å². The maximum atomic E-state index is 11.1. The lowest BCUT2D eigenvalue weighted by molar-refractivity contribution is -0.200. The van der Waals surface area contributed by atoms with E-state index in [1.807, 2.05) is 0 Å². The van der Waals surface area contributed by atoms with E-state index < -0.39 is 5.79 Å². The van der Waals surface area contributed by atoms with Gasteiger partial charge >= 0.3 is 0 Å². The molecule has 0 radical (unpaired) electrons. The van der Waals surface area contributed by atoms with E-state index in [2.05, 4.69) is 19.1 Å². The van der Waals surface area contributed by atoms with Crippen molar-refractivity contribution in [1.29, 1.82) is 0 Å². The van der Waals surface area contributed by atoms with E-state index in [4.69, 9.17) is 4.74 Å². The summed E-state index contributed by atoms with van der Waals surface area (Å²) >= 11 is 0. The molecule has 2 aliphatic heterocycles.